The third-order valence-corrected chi connectivity index (χ3v) is 2.91. The van der Waals surface area contributed by atoms with Crippen molar-refractivity contribution in [3.05, 3.63) is 24.0 Å². The van der Waals surface area contributed by atoms with Crippen LogP contribution < -0.4 is 11.1 Å². The van der Waals surface area contributed by atoms with Crippen LogP contribution in [0.3, 0.4) is 0 Å². The maximum absolute atomic E-state index is 12.9. The molecule has 0 radical (unpaired) electrons. The Morgan fingerprint density at radius 3 is 2.94 bits per heavy atom. The van der Waals surface area contributed by atoms with Crippen molar-refractivity contribution in [3.63, 3.8) is 0 Å². The molecule has 1 aromatic carbocycles. The second kappa shape index (κ2) is 5.35. The third kappa shape index (κ3) is 3.43. The summed E-state index contributed by atoms with van der Waals surface area (Å²) in [7, 11) is 0. The minimum Gasteiger partial charge on any atom is -0.396 e. The zero-order valence-corrected chi connectivity index (χ0v) is 10.3. The number of nitrogen functional groups attached to an aromatic ring is 1. The fourth-order valence-electron chi connectivity index (χ4n) is 1.51. The molecule has 1 atom stereocenters. The van der Waals surface area contributed by atoms with Crippen LogP contribution in [0.1, 0.15) is 19.8 Å². The summed E-state index contributed by atoms with van der Waals surface area (Å²) in [5.74, 6) is -0.130. The van der Waals surface area contributed by atoms with E-state index < -0.39 is 11.9 Å². The van der Waals surface area contributed by atoms with Gasteiger partial charge in [-0.2, -0.15) is 0 Å². The van der Waals surface area contributed by atoms with Gasteiger partial charge in [0.1, 0.15) is 11.9 Å². The van der Waals surface area contributed by atoms with Crippen molar-refractivity contribution in [3.8, 4) is 0 Å². The van der Waals surface area contributed by atoms with Gasteiger partial charge in [0.05, 0.1) is 12.3 Å². The molecule has 2 rings (SSSR count). The van der Waals surface area contributed by atoms with Gasteiger partial charge in [-0.1, -0.05) is 0 Å². The number of carbonyl (C=O) groups excluding carboxylic acids is 1. The molecular weight excluding hydrogens is 235 g/mol. The van der Waals surface area contributed by atoms with Crippen LogP contribution in [0, 0.1) is 11.7 Å². The maximum Gasteiger partial charge on any atom is 0.253 e. The largest absolute Gasteiger partial charge is 0.396 e. The lowest BCUT2D eigenvalue weighted by Gasteiger charge is -2.13. The monoisotopic (exact) mass is 252 g/mol. The molecule has 1 fully saturated rings. The van der Waals surface area contributed by atoms with Gasteiger partial charge in [0.2, 0.25) is 0 Å². The van der Waals surface area contributed by atoms with Crippen LogP contribution in [0.5, 0.6) is 0 Å². The first kappa shape index (κ1) is 12.8. The molecule has 1 aliphatic rings. The number of anilines is 2. The number of ether oxygens (including phenoxy) is 1. The first-order valence-electron chi connectivity index (χ1n) is 6.03. The Morgan fingerprint density at radius 1 is 1.61 bits per heavy atom. The van der Waals surface area contributed by atoms with Crippen molar-refractivity contribution in [2.24, 2.45) is 5.92 Å². The molecule has 1 aliphatic carbocycles. The SMILES string of the molecule is CC(OCC1CC1)C(=O)Nc1ccc(F)c(N)c1. The number of halogens is 1. The van der Waals surface area contributed by atoms with Gasteiger partial charge in [-0.05, 0) is 43.9 Å². The molecule has 1 unspecified atom stereocenters. The van der Waals surface area contributed by atoms with Crippen LogP contribution in [0.15, 0.2) is 18.2 Å². The lowest BCUT2D eigenvalue weighted by Crippen LogP contribution is -2.28. The molecule has 4 nitrogen and oxygen atoms in total. The van der Waals surface area contributed by atoms with Gasteiger partial charge < -0.3 is 15.8 Å². The predicted octanol–water partition coefficient (Wildman–Crippen LogP) is 2.16. The highest BCUT2D eigenvalue weighted by Gasteiger charge is 2.24. The Balaban J connectivity index is 1.86. The Morgan fingerprint density at radius 2 is 2.33 bits per heavy atom. The standard InChI is InChI=1S/C13H17FN2O2/c1-8(18-7-9-2-3-9)13(17)16-10-4-5-11(14)12(15)6-10/h4-6,8-9H,2-3,7,15H2,1H3,(H,16,17). The Kier molecular flexibility index (Phi) is 3.81. The quantitative estimate of drug-likeness (QED) is 0.789. The van der Waals surface area contributed by atoms with Crippen molar-refractivity contribution in [2.45, 2.75) is 25.9 Å². The summed E-state index contributed by atoms with van der Waals surface area (Å²) in [6.07, 6.45) is 1.85. The Labute approximate surface area is 105 Å². The van der Waals surface area contributed by atoms with E-state index in [1.807, 2.05) is 0 Å². The molecule has 18 heavy (non-hydrogen) atoms. The fourth-order valence-corrected chi connectivity index (χ4v) is 1.51. The number of nitrogens with two attached hydrogens (primary N) is 1. The molecular formula is C13H17FN2O2. The molecule has 0 saturated heterocycles. The smallest absolute Gasteiger partial charge is 0.253 e. The van der Waals surface area contributed by atoms with Gasteiger partial charge in [0, 0.05) is 5.69 Å². The van der Waals surface area contributed by atoms with E-state index in [2.05, 4.69) is 5.32 Å². The van der Waals surface area contributed by atoms with Crippen LogP contribution in [-0.2, 0) is 9.53 Å². The highest BCUT2D eigenvalue weighted by atomic mass is 19.1. The van der Waals surface area contributed by atoms with E-state index in [4.69, 9.17) is 10.5 Å². The minimum atomic E-state index is -0.517. The van der Waals surface area contributed by atoms with E-state index >= 15 is 0 Å². The minimum absolute atomic E-state index is 0.0133. The van der Waals surface area contributed by atoms with Crippen LogP contribution >= 0.6 is 0 Å². The predicted molar refractivity (Wildman–Crippen MR) is 67.6 cm³/mol. The average molecular weight is 252 g/mol. The van der Waals surface area contributed by atoms with E-state index in [0.29, 0.717) is 18.2 Å². The first-order chi connectivity index (χ1) is 8.56. The van der Waals surface area contributed by atoms with E-state index in [9.17, 15) is 9.18 Å². The highest BCUT2D eigenvalue weighted by Crippen LogP contribution is 2.29. The summed E-state index contributed by atoms with van der Waals surface area (Å²) in [6, 6.07) is 4.08. The molecule has 0 spiro atoms. The third-order valence-electron chi connectivity index (χ3n) is 2.91. The molecule has 0 aliphatic heterocycles. The van der Waals surface area contributed by atoms with Gasteiger partial charge in [-0.15, -0.1) is 0 Å². The number of benzene rings is 1. The summed E-state index contributed by atoms with van der Waals surface area (Å²) in [6.45, 7) is 2.32. The number of carbonyl (C=O) groups is 1. The molecule has 0 bridgehead atoms. The Hall–Kier alpha value is -1.62. The van der Waals surface area contributed by atoms with Gasteiger partial charge in [-0.25, -0.2) is 4.39 Å². The zero-order chi connectivity index (χ0) is 13.1. The molecule has 1 amide bonds. The molecule has 3 N–H and O–H groups in total. The number of amides is 1. The topological polar surface area (TPSA) is 64.3 Å². The Bertz CT molecular complexity index is 447. The maximum atomic E-state index is 12.9. The summed E-state index contributed by atoms with van der Waals surface area (Å²) in [5, 5.41) is 2.64. The molecule has 1 saturated carbocycles. The summed E-state index contributed by atoms with van der Waals surface area (Å²) < 4.78 is 18.4. The van der Waals surface area contributed by atoms with E-state index in [0.717, 1.165) is 0 Å². The van der Waals surface area contributed by atoms with Crippen LogP contribution in [0.4, 0.5) is 15.8 Å². The average Bonchev–Trinajstić information content (AvgIpc) is 3.14. The molecule has 0 aromatic heterocycles. The molecule has 1 aromatic rings. The van der Waals surface area contributed by atoms with Crippen molar-refractivity contribution >= 4 is 17.3 Å². The second-order valence-electron chi connectivity index (χ2n) is 4.64. The van der Waals surface area contributed by atoms with Gasteiger partial charge in [-0.3, -0.25) is 4.79 Å². The normalized spacial score (nSPS) is 16.3. The number of rotatable bonds is 5. The van der Waals surface area contributed by atoms with Gasteiger partial charge >= 0.3 is 0 Å². The number of hydrogen-bond donors (Lipinski definition) is 2. The number of hydrogen-bond acceptors (Lipinski definition) is 3. The van der Waals surface area contributed by atoms with Crippen molar-refractivity contribution in [1.82, 2.24) is 0 Å². The highest BCUT2D eigenvalue weighted by molar-refractivity contribution is 5.94. The lowest BCUT2D eigenvalue weighted by molar-refractivity contribution is -0.126. The molecule has 5 heteroatoms. The van der Waals surface area contributed by atoms with Crippen molar-refractivity contribution < 1.29 is 13.9 Å². The zero-order valence-electron chi connectivity index (χ0n) is 10.3. The van der Waals surface area contributed by atoms with Crippen LogP contribution in [-0.4, -0.2) is 18.6 Å². The summed E-state index contributed by atoms with van der Waals surface area (Å²) >= 11 is 0. The molecule has 98 valence electrons. The summed E-state index contributed by atoms with van der Waals surface area (Å²) in [5.41, 5.74) is 5.91. The van der Waals surface area contributed by atoms with Crippen LogP contribution in [0.2, 0.25) is 0 Å². The second-order valence-corrected chi connectivity index (χ2v) is 4.64. The summed E-state index contributed by atoms with van der Waals surface area (Å²) in [4.78, 5) is 11.8. The van der Waals surface area contributed by atoms with Crippen molar-refractivity contribution in [1.29, 1.82) is 0 Å². The number of nitrogens with one attached hydrogen (secondary N) is 1. The van der Waals surface area contributed by atoms with Gasteiger partial charge in [0.25, 0.3) is 5.91 Å². The molecule has 0 heterocycles. The van der Waals surface area contributed by atoms with Gasteiger partial charge in [0.15, 0.2) is 0 Å². The lowest BCUT2D eigenvalue weighted by atomic mass is 10.2. The van der Waals surface area contributed by atoms with E-state index in [1.165, 1.54) is 31.0 Å². The van der Waals surface area contributed by atoms with Crippen molar-refractivity contribution in [2.75, 3.05) is 17.7 Å². The van der Waals surface area contributed by atoms with Crippen LogP contribution in [0.25, 0.3) is 0 Å². The fraction of sp³-hybridized carbons (Fsp3) is 0.462. The van der Waals surface area contributed by atoms with E-state index in [-0.39, 0.29) is 11.6 Å². The van der Waals surface area contributed by atoms with E-state index in [1.54, 1.807) is 6.92 Å². The first-order valence-corrected chi connectivity index (χ1v) is 6.03.